The summed E-state index contributed by atoms with van der Waals surface area (Å²) in [6.07, 6.45) is 0.386. The maximum atomic E-state index is 11.6. The van der Waals surface area contributed by atoms with Crippen LogP contribution in [0.4, 0.5) is 0 Å². The lowest BCUT2D eigenvalue weighted by Gasteiger charge is -2.18. The van der Waals surface area contributed by atoms with Crippen LogP contribution in [-0.4, -0.2) is 37.6 Å². The Bertz CT molecular complexity index is 360. The second-order valence-corrected chi connectivity index (χ2v) is 4.18. The number of rotatable bonds is 5. The molecule has 1 amide bonds. The molecule has 0 saturated heterocycles. The number of amides is 1. The van der Waals surface area contributed by atoms with Gasteiger partial charge in [-0.05, 0) is 37.6 Å². The molecule has 0 aliphatic rings. The molecule has 1 rings (SSSR count). The summed E-state index contributed by atoms with van der Waals surface area (Å²) in [5, 5.41) is 0. The fourth-order valence-electron chi connectivity index (χ4n) is 1.52. The Morgan fingerprint density at radius 3 is 2.41 bits per heavy atom. The molecule has 0 aliphatic carbocycles. The first-order chi connectivity index (χ1) is 8.04. The lowest BCUT2D eigenvalue weighted by molar-refractivity contribution is -0.135. The molecule has 1 aromatic rings. The third kappa shape index (κ3) is 4.07. The van der Waals surface area contributed by atoms with Crippen molar-refractivity contribution in [2.45, 2.75) is 19.4 Å². The number of nitrogens with zero attached hydrogens (tertiary/aromatic N) is 1. The molecule has 0 bridgehead atoms. The third-order valence-corrected chi connectivity index (χ3v) is 2.46. The molecular formula is C13H20N2O2. The van der Waals surface area contributed by atoms with Crippen molar-refractivity contribution in [2.24, 2.45) is 5.73 Å². The van der Waals surface area contributed by atoms with Crippen molar-refractivity contribution in [3.05, 3.63) is 29.8 Å². The maximum absolute atomic E-state index is 11.6. The van der Waals surface area contributed by atoms with E-state index < -0.39 is 6.10 Å². The van der Waals surface area contributed by atoms with Crippen molar-refractivity contribution in [1.82, 2.24) is 4.90 Å². The molecule has 0 heterocycles. The number of hydrogen-bond donors (Lipinski definition) is 1. The normalized spacial score (nSPS) is 12.0. The Morgan fingerprint density at radius 2 is 1.94 bits per heavy atom. The summed E-state index contributed by atoms with van der Waals surface area (Å²) < 4.78 is 5.55. The summed E-state index contributed by atoms with van der Waals surface area (Å²) >= 11 is 0. The first-order valence-corrected chi connectivity index (χ1v) is 5.71. The van der Waals surface area contributed by atoms with Crippen LogP contribution in [0.1, 0.15) is 12.5 Å². The van der Waals surface area contributed by atoms with Gasteiger partial charge >= 0.3 is 0 Å². The Balaban J connectivity index is 2.60. The molecule has 0 fully saturated rings. The van der Waals surface area contributed by atoms with Crippen LogP contribution in [0.5, 0.6) is 5.75 Å². The van der Waals surface area contributed by atoms with Crippen LogP contribution in [-0.2, 0) is 11.2 Å². The van der Waals surface area contributed by atoms with E-state index in [9.17, 15) is 4.79 Å². The second kappa shape index (κ2) is 6.25. The van der Waals surface area contributed by atoms with E-state index in [-0.39, 0.29) is 5.91 Å². The molecule has 1 atom stereocenters. The van der Waals surface area contributed by atoms with Gasteiger partial charge in [0.1, 0.15) is 5.75 Å². The number of nitrogens with two attached hydrogens (primary N) is 1. The number of carbonyl (C=O) groups is 1. The van der Waals surface area contributed by atoms with E-state index in [0.717, 1.165) is 6.42 Å². The highest BCUT2D eigenvalue weighted by atomic mass is 16.5. The van der Waals surface area contributed by atoms with E-state index >= 15 is 0 Å². The van der Waals surface area contributed by atoms with E-state index in [4.69, 9.17) is 10.5 Å². The van der Waals surface area contributed by atoms with Gasteiger partial charge in [-0.2, -0.15) is 0 Å². The largest absolute Gasteiger partial charge is 0.481 e. The van der Waals surface area contributed by atoms with E-state index in [2.05, 4.69) is 0 Å². The Hall–Kier alpha value is -1.55. The zero-order valence-corrected chi connectivity index (χ0v) is 10.6. The van der Waals surface area contributed by atoms with E-state index in [0.29, 0.717) is 12.3 Å². The van der Waals surface area contributed by atoms with Gasteiger partial charge in [0.15, 0.2) is 6.10 Å². The van der Waals surface area contributed by atoms with Crippen LogP contribution < -0.4 is 10.5 Å². The molecule has 0 saturated carbocycles. The van der Waals surface area contributed by atoms with E-state index in [1.165, 1.54) is 10.5 Å². The molecule has 4 heteroatoms. The predicted octanol–water partition coefficient (Wildman–Crippen LogP) is 1.04. The smallest absolute Gasteiger partial charge is 0.262 e. The minimum absolute atomic E-state index is 0.0453. The fourth-order valence-corrected chi connectivity index (χ4v) is 1.52. The van der Waals surface area contributed by atoms with Gasteiger partial charge in [0.25, 0.3) is 5.91 Å². The first-order valence-electron chi connectivity index (χ1n) is 5.71. The predicted molar refractivity (Wildman–Crippen MR) is 68.0 cm³/mol. The molecule has 0 radical (unpaired) electrons. The molecule has 0 aromatic heterocycles. The van der Waals surface area contributed by atoms with Crippen molar-refractivity contribution in [2.75, 3.05) is 20.6 Å². The quantitative estimate of drug-likeness (QED) is 0.831. The van der Waals surface area contributed by atoms with Crippen molar-refractivity contribution < 1.29 is 9.53 Å². The topological polar surface area (TPSA) is 55.6 Å². The Labute approximate surface area is 102 Å². The van der Waals surface area contributed by atoms with Crippen molar-refractivity contribution in [3.63, 3.8) is 0 Å². The molecule has 4 nitrogen and oxygen atoms in total. The fraction of sp³-hybridized carbons (Fsp3) is 0.462. The average molecular weight is 236 g/mol. The van der Waals surface area contributed by atoms with Gasteiger partial charge in [0.2, 0.25) is 0 Å². The zero-order valence-electron chi connectivity index (χ0n) is 10.6. The van der Waals surface area contributed by atoms with Gasteiger partial charge in [0, 0.05) is 14.1 Å². The average Bonchev–Trinajstić information content (AvgIpc) is 2.30. The summed E-state index contributed by atoms with van der Waals surface area (Å²) in [5.41, 5.74) is 6.64. The van der Waals surface area contributed by atoms with Crippen LogP contribution >= 0.6 is 0 Å². The summed E-state index contributed by atoms with van der Waals surface area (Å²) in [5.74, 6) is 0.657. The molecule has 0 spiro atoms. The molecule has 2 N–H and O–H groups in total. The minimum atomic E-state index is -0.467. The SMILES string of the molecule is CC(Oc1ccc(CCN)cc1)C(=O)N(C)C. The highest BCUT2D eigenvalue weighted by Crippen LogP contribution is 2.14. The lowest BCUT2D eigenvalue weighted by atomic mass is 10.1. The summed E-state index contributed by atoms with van der Waals surface area (Å²) in [6, 6.07) is 7.67. The Kier molecular flexibility index (Phi) is 4.97. The second-order valence-electron chi connectivity index (χ2n) is 4.18. The standard InChI is InChI=1S/C13H20N2O2/c1-10(13(16)15(2)3)17-12-6-4-11(5-7-12)8-9-14/h4-7,10H,8-9,14H2,1-3H3. The van der Waals surface area contributed by atoms with Crippen LogP contribution in [0, 0.1) is 0 Å². The molecule has 17 heavy (non-hydrogen) atoms. The van der Waals surface area contributed by atoms with Crippen LogP contribution in [0.2, 0.25) is 0 Å². The number of ether oxygens (including phenoxy) is 1. The monoisotopic (exact) mass is 236 g/mol. The Morgan fingerprint density at radius 1 is 1.35 bits per heavy atom. The minimum Gasteiger partial charge on any atom is -0.481 e. The summed E-state index contributed by atoms with van der Waals surface area (Å²) in [6.45, 7) is 2.38. The summed E-state index contributed by atoms with van der Waals surface area (Å²) in [4.78, 5) is 13.1. The number of carbonyl (C=O) groups excluding carboxylic acids is 1. The van der Waals surface area contributed by atoms with Crippen molar-refractivity contribution in [1.29, 1.82) is 0 Å². The lowest BCUT2D eigenvalue weighted by Crippen LogP contribution is -2.35. The molecule has 0 aliphatic heterocycles. The first kappa shape index (κ1) is 13.5. The van der Waals surface area contributed by atoms with Gasteiger partial charge in [-0.25, -0.2) is 0 Å². The molecule has 1 unspecified atom stereocenters. The van der Waals surface area contributed by atoms with E-state index in [1.54, 1.807) is 21.0 Å². The highest BCUT2D eigenvalue weighted by molar-refractivity contribution is 5.80. The molecule has 1 aromatic carbocycles. The third-order valence-electron chi connectivity index (χ3n) is 2.46. The molecular weight excluding hydrogens is 216 g/mol. The van der Waals surface area contributed by atoms with Gasteiger partial charge < -0.3 is 15.4 Å². The van der Waals surface area contributed by atoms with Gasteiger partial charge in [-0.3, -0.25) is 4.79 Å². The highest BCUT2D eigenvalue weighted by Gasteiger charge is 2.16. The number of hydrogen-bond acceptors (Lipinski definition) is 3. The van der Waals surface area contributed by atoms with Crippen LogP contribution in [0.3, 0.4) is 0 Å². The van der Waals surface area contributed by atoms with Gasteiger partial charge in [0.05, 0.1) is 0 Å². The van der Waals surface area contributed by atoms with Crippen LogP contribution in [0.15, 0.2) is 24.3 Å². The van der Waals surface area contributed by atoms with Crippen molar-refractivity contribution >= 4 is 5.91 Å². The van der Waals surface area contributed by atoms with E-state index in [1.807, 2.05) is 24.3 Å². The maximum Gasteiger partial charge on any atom is 0.262 e. The van der Waals surface area contributed by atoms with Crippen molar-refractivity contribution in [3.8, 4) is 5.75 Å². The van der Waals surface area contributed by atoms with Gasteiger partial charge in [-0.1, -0.05) is 12.1 Å². The molecule has 94 valence electrons. The summed E-state index contributed by atoms with van der Waals surface area (Å²) in [7, 11) is 3.43. The number of likely N-dealkylation sites (N-methyl/N-ethyl adjacent to an activating group) is 1. The number of benzene rings is 1. The van der Waals surface area contributed by atoms with Gasteiger partial charge in [-0.15, -0.1) is 0 Å². The zero-order chi connectivity index (χ0) is 12.8. The van der Waals surface area contributed by atoms with Crippen LogP contribution in [0.25, 0.3) is 0 Å².